The van der Waals surface area contributed by atoms with Crippen molar-refractivity contribution in [1.29, 1.82) is 0 Å². The second-order valence-electron chi connectivity index (χ2n) is 6.83. The molecule has 1 aliphatic rings. The average molecular weight is 462 g/mol. The number of amides is 1. The van der Waals surface area contributed by atoms with Crippen LogP contribution in [0.2, 0.25) is 0 Å². The van der Waals surface area contributed by atoms with Crippen molar-refractivity contribution in [1.82, 2.24) is 24.8 Å². The number of imidazole rings is 1. The number of H-pyrrole nitrogens is 1. The smallest absolute Gasteiger partial charge is 0.387 e. The third kappa shape index (κ3) is 5.10. The number of phosphoric ester groups is 1. The van der Waals surface area contributed by atoms with Gasteiger partial charge in [0.2, 0.25) is 11.9 Å². The minimum Gasteiger partial charge on any atom is -0.387 e. The fourth-order valence-corrected chi connectivity index (χ4v) is 3.39. The maximum absolute atomic E-state index is 12.4. The number of hydrogen-bond acceptors (Lipinski definition) is 10. The van der Waals surface area contributed by atoms with E-state index in [9.17, 15) is 24.4 Å². The summed E-state index contributed by atoms with van der Waals surface area (Å²) in [6.45, 7) is 3.07. The Labute approximate surface area is 174 Å². The molecular formula is C15H23N6O9P. The number of aliphatic hydroxyl groups is 2. The molecule has 3 rings (SSSR count). The fourth-order valence-electron chi connectivity index (χ4n) is 3.05. The summed E-state index contributed by atoms with van der Waals surface area (Å²) in [6.07, 6.45) is -4.44. The Morgan fingerprint density at radius 2 is 2.13 bits per heavy atom. The van der Waals surface area contributed by atoms with E-state index in [0.717, 1.165) is 6.33 Å². The van der Waals surface area contributed by atoms with Gasteiger partial charge < -0.3 is 35.4 Å². The number of nitrogens with zero attached hydrogens (tertiary/aromatic N) is 3. The molecule has 5 atom stereocenters. The molecule has 2 aromatic heterocycles. The van der Waals surface area contributed by atoms with E-state index >= 15 is 0 Å². The van der Waals surface area contributed by atoms with Gasteiger partial charge >= 0.3 is 7.82 Å². The maximum Gasteiger partial charge on any atom is 0.469 e. The van der Waals surface area contributed by atoms with Gasteiger partial charge in [-0.15, -0.1) is 0 Å². The van der Waals surface area contributed by atoms with Crippen LogP contribution in [0.1, 0.15) is 20.1 Å². The molecule has 1 saturated heterocycles. The molecule has 1 aliphatic heterocycles. The van der Waals surface area contributed by atoms with E-state index in [1.807, 2.05) is 0 Å². The van der Waals surface area contributed by atoms with Crippen LogP contribution in [0.3, 0.4) is 0 Å². The molecule has 3 heterocycles. The van der Waals surface area contributed by atoms with E-state index < -0.39 is 50.6 Å². The summed E-state index contributed by atoms with van der Waals surface area (Å²) < 4.78 is 21.9. The predicted octanol–water partition coefficient (Wildman–Crippen LogP) is -2.22. The van der Waals surface area contributed by atoms with Crippen molar-refractivity contribution in [2.45, 2.75) is 44.4 Å². The van der Waals surface area contributed by atoms with E-state index in [1.165, 1.54) is 4.57 Å². The van der Waals surface area contributed by atoms with Gasteiger partial charge in [-0.3, -0.25) is 23.7 Å². The normalized spacial score (nSPS) is 25.0. The zero-order chi connectivity index (χ0) is 22.9. The molecule has 7 N–H and O–H groups in total. The van der Waals surface area contributed by atoms with Gasteiger partial charge in [0.05, 0.1) is 12.9 Å². The van der Waals surface area contributed by atoms with Crippen molar-refractivity contribution >= 4 is 30.8 Å². The molecule has 1 amide bonds. The third-order valence-corrected chi connectivity index (χ3v) is 5.03. The van der Waals surface area contributed by atoms with Crippen LogP contribution >= 0.6 is 7.82 Å². The largest absolute Gasteiger partial charge is 0.469 e. The summed E-state index contributed by atoms with van der Waals surface area (Å²) >= 11 is 0. The highest BCUT2D eigenvalue weighted by Crippen LogP contribution is 2.38. The first-order valence-electron chi connectivity index (χ1n) is 9.24. The lowest BCUT2D eigenvalue weighted by molar-refractivity contribution is -0.121. The fraction of sp³-hybridized carbons (Fsp3) is 0.600. The van der Waals surface area contributed by atoms with Gasteiger partial charge in [-0.1, -0.05) is 0 Å². The quantitative estimate of drug-likeness (QED) is 0.207. The average Bonchev–Trinajstić information content (AvgIpc) is 3.22. The summed E-state index contributed by atoms with van der Waals surface area (Å²) in [5.74, 6) is -0.350. The molecule has 16 heteroatoms. The molecular weight excluding hydrogens is 439 g/mol. The molecule has 172 valence electrons. The van der Waals surface area contributed by atoms with Crippen molar-refractivity contribution in [2.75, 3.05) is 18.5 Å². The molecule has 0 aromatic carbocycles. The van der Waals surface area contributed by atoms with Crippen molar-refractivity contribution in [3.8, 4) is 0 Å². The molecule has 0 spiro atoms. The lowest BCUT2D eigenvalue weighted by Crippen LogP contribution is -2.38. The number of fused-ring (bicyclic) bond motifs is 1. The first-order valence-corrected chi connectivity index (χ1v) is 10.8. The van der Waals surface area contributed by atoms with Gasteiger partial charge in [0.15, 0.2) is 17.4 Å². The zero-order valence-electron chi connectivity index (χ0n) is 16.5. The van der Waals surface area contributed by atoms with Crippen molar-refractivity contribution in [3.05, 3.63) is 16.7 Å². The molecule has 0 bridgehead atoms. The number of phosphoric acid groups is 1. The van der Waals surface area contributed by atoms with Crippen LogP contribution in [-0.4, -0.2) is 82.9 Å². The van der Waals surface area contributed by atoms with Gasteiger partial charge in [0, 0.05) is 6.54 Å². The Hall–Kier alpha value is -2.39. The number of likely N-dealkylation sites (N-methyl/N-ethyl adjacent to an activating group) is 1. The Morgan fingerprint density at radius 3 is 2.77 bits per heavy atom. The number of aromatic amines is 1. The van der Waals surface area contributed by atoms with Crippen LogP contribution < -0.4 is 16.2 Å². The van der Waals surface area contributed by atoms with Crippen LogP contribution in [-0.2, 0) is 18.6 Å². The number of carbonyl (C=O) groups excluding carboxylic acids is 1. The number of rotatable bonds is 8. The van der Waals surface area contributed by atoms with Crippen LogP contribution in [0.25, 0.3) is 11.2 Å². The number of aliphatic hydroxyl groups excluding tert-OH is 2. The molecule has 15 nitrogen and oxygen atoms in total. The zero-order valence-corrected chi connectivity index (χ0v) is 17.4. The number of carbonyl (C=O) groups is 1. The van der Waals surface area contributed by atoms with Crippen LogP contribution in [0, 0.1) is 0 Å². The van der Waals surface area contributed by atoms with Gasteiger partial charge in [0.25, 0.3) is 5.56 Å². The standard InChI is InChI=1S/C15H23N6O9P/c1-3-16-12(24)6(2)18-15-19-11-8(13(25)20-15)17-5-21(11)14-10(23)9(22)7(30-14)4-29-31(26,27)28/h5-7,9-10,14,22-23H,3-4H2,1-2H3,(H,16,24)(H2,26,27,28)(H2,18,19,20,25)/t6-,7+,9+,10+,14+/m0/s1. The summed E-state index contributed by atoms with van der Waals surface area (Å²) in [4.78, 5) is 52.5. The van der Waals surface area contributed by atoms with Gasteiger partial charge in [-0.2, -0.15) is 4.98 Å². The van der Waals surface area contributed by atoms with Crippen molar-refractivity contribution in [2.24, 2.45) is 0 Å². The van der Waals surface area contributed by atoms with Gasteiger partial charge in [-0.25, -0.2) is 9.55 Å². The predicted molar refractivity (Wildman–Crippen MR) is 104 cm³/mol. The van der Waals surface area contributed by atoms with Crippen LogP contribution in [0.5, 0.6) is 0 Å². The highest BCUT2D eigenvalue weighted by Gasteiger charge is 2.45. The highest BCUT2D eigenvalue weighted by molar-refractivity contribution is 7.46. The highest BCUT2D eigenvalue weighted by atomic mass is 31.2. The van der Waals surface area contributed by atoms with Crippen molar-refractivity contribution < 1.29 is 38.6 Å². The van der Waals surface area contributed by atoms with E-state index in [0.29, 0.717) is 6.54 Å². The first-order chi connectivity index (χ1) is 14.5. The maximum atomic E-state index is 12.4. The number of aromatic nitrogens is 4. The number of hydrogen-bond donors (Lipinski definition) is 7. The minimum absolute atomic E-state index is 0.0119. The molecule has 0 unspecified atom stereocenters. The van der Waals surface area contributed by atoms with Gasteiger partial charge in [0.1, 0.15) is 24.4 Å². The Balaban J connectivity index is 1.87. The number of anilines is 1. The summed E-state index contributed by atoms with van der Waals surface area (Å²) in [5.41, 5.74) is -0.720. The molecule has 0 aliphatic carbocycles. The second-order valence-corrected chi connectivity index (χ2v) is 8.07. The molecule has 31 heavy (non-hydrogen) atoms. The van der Waals surface area contributed by atoms with E-state index in [4.69, 9.17) is 14.5 Å². The topological polar surface area (TPSA) is 221 Å². The van der Waals surface area contributed by atoms with E-state index in [1.54, 1.807) is 13.8 Å². The summed E-state index contributed by atoms with van der Waals surface area (Å²) in [6, 6.07) is -0.721. The molecule has 1 fully saturated rings. The lowest BCUT2D eigenvalue weighted by Gasteiger charge is -2.17. The van der Waals surface area contributed by atoms with Crippen molar-refractivity contribution in [3.63, 3.8) is 0 Å². The second kappa shape index (κ2) is 9.00. The minimum atomic E-state index is -4.81. The SMILES string of the molecule is CCNC(=O)[C@H](C)Nc1nc2c(ncn2[C@@H]2O[C@H](COP(=O)(O)O)[C@@H](O)[C@H]2O)c(=O)[nH]1. The van der Waals surface area contributed by atoms with Gasteiger partial charge in [-0.05, 0) is 13.8 Å². The van der Waals surface area contributed by atoms with E-state index in [2.05, 4.69) is 30.1 Å². The van der Waals surface area contributed by atoms with Crippen LogP contribution in [0.4, 0.5) is 5.95 Å². The summed E-state index contributed by atoms with van der Waals surface area (Å²) in [7, 11) is -4.81. The Kier molecular flexibility index (Phi) is 6.76. The molecule has 0 radical (unpaired) electrons. The monoisotopic (exact) mass is 462 g/mol. The number of ether oxygens (including phenoxy) is 1. The Bertz CT molecular complexity index is 1050. The number of nitrogens with one attached hydrogen (secondary N) is 3. The Morgan fingerprint density at radius 1 is 1.42 bits per heavy atom. The third-order valence-electron chi connectivity index (χ3n) is 4.55. The molecule has 2 aromatic rings. The first kappa shape index (κ1) is 23.3. The molecule has 0 saturated carbocycles. The van der Waals surface area contributed by atoms with E-state index in [-0.39, 0.29) is 23.0 Å². The lowest BCUT2D eigenvalue weighted by atomic mass is 10.1. The summed E-state index contributed by atoms with van der Waals surface area (Å²) in [5, 5.41) is 25.9. The van der Waals surface area contributed by atoms with Crippen LogP contribution in [0.15, 0.2) is 11.1 Å².